The van der Waals surface area contributed by atoms with Crippen molar-refractivity contribution in [1.82, 2.24) is 14.9 Å². The number of hydrogen-bond donors (Lipinski definition) is 1. The Morgan fingerprint density at radius 3 is 2.44 bits per heavy atom. The van der Waals surface area contributed by atoms with Gasteiger partial charge in [-0.05, 0) is 24.3 Å². The highest BCUT2D eigenvalue weighted by molar-refractivity contribution is 5.84. The second-order valence-corrected chi connectivity index (χ2v) is 6.86. The van der Waals surface area contributed by atoms with Crippen molar-refractivity contribution in [3.05, 3.63) is 59.7 Å². The molecule has 3 rings (SSSR count). The van der Waals surface area contributed by atoms with Gasteiger partial charge in [-0.25, -0.2) is 9.78 Å². The number of benzene rings is 1. The zero-order valence-corrected chi connectivity index (χ0v) is 14.5. The minimum absolute atomic E-state index is 0.00867. The molecule has 25 heavy (non-hydrogen) atoms. The van der Waals surface area contributed by atoms with E-state index in [0.29, 0.717) is 6.54 Å². The van der Waals surface area contributed by atoms with Crippen LogP contribution in [0.4, 0.5) is 0 Å². The zero-order chi connectivity index (χ0) is 17.5. The van der Waals surface area contributed by atoms with E-state index in [1.807, 2.05) is 6.07 Å². The van der Waals surface area contributed by atoms with Crippen molar-refractivity contribution in [1.29, 1.82) is 0 Å². The van der Waals surface area contributed by atoms with E-state index in [9.17, 15) is 4.79 Å². The Morgan fingerprint density at radius 2 is 1.80 bits per heavy atom. The monoisotopic (exact) mass is 339 g/mol. The quantitative estimate of drug-likeness (QED) is 0.832. The molecule has 1 aliphatic rings. The summed E-state index contributed by atoms with van der Waals surface area (Å²) in [5.41, 5.74) is 2.09. The lowest BCUT2D eigenvalue weighted by Crippen LogP contribution is -2.30. The fourth-order valence-electron chi connectivity index (χ4n) is 3.54. The Kier molecular flexibility index (Phi) is 6.12. The third-order valence-corrected chi connectivity index (χ3v) is 4.80. The van der Waals surface area contributed by atoms with Crippen LogP contribution in [0.15, 0.2) is 42.7 Å². The van der Waals surface area contributed by atoms with Gasteiger partial charge in [0.2, 0.25) is 0 Å². The van der Waals surface area contributed by atoms with Gasteiger partial charge in [-0.3, -0.25) is 9.88 Å². The molecular weight excluding hydrogens is 314 g/mol. The molecule has 132 valence electrons. The highest BCUT2D eigenvalue weighted by Crippen LogP contribution is 2.25. The molecule has 1 N–H and O–H groups in total. The van der Waals surface area contributed by atoms with E-state index in [-0.39, 0.29) is 5.69 Å². The zero-order valence-electron chi connectivity index (χ0n) is 14.5. The number of carbonyl (C=O) groups is 1. The normalized spacial score (nSPS) is 15.4. The van der Waals surface area contributed by atoms with Crippen molar-refractivity contribution in [2.45, 2.75) is 45.2 Å². The van der Waals surface area contributed by atoms with Crippen molar-refractivity contribution >= 4 is 5.97 Å². The molecule has 1 heterocycles. The van der Waals surface area contributed by atoms with Crippen LogP contribution in [0, 0.1) is 5.92 Å². The Bertz CT molecular complexity index is 667. The molecule has 0 amide bonds. The van der Waals surface area contributed by atoms with Crippen LogP contribution >= 0.6 is 0 Å². The standard InChI is InChI=1S/C20H25N3O2/c24-20(25)19-12-21-18(11-22-19)15-23(13-16-7-3-1-4-8-16)14-17-9-5-2-6-10-17/h1,3-4,7-8,11-12,17H,2,5-6,9-10,13-15H2,(H,24,25). The molecule has 5 heteroatoms. The second-order valence-electron chi connectivity index (χ2n) is 6.86. The fourth-order valence-corrected chi connectivity index (χ4v) is 3.54. The number of hydrogen-bond acceptors (Lipinski definition) is 4. The van der Waals surface area contributed by atoms with E-state index in [1.165, 1.54) is 43.9 Å². The Labute approximate surface area is 148 Å². The molecule has 0 atom stereocenters. The van der Waals surface area contributed by atoms with Crippen molar-refractivity contribution < 1.29 is 9.90 Å². The lowest BCUT2D eigenvalue weighted by Gasteiger charge is -2.29. The lowest BCUT2D eigenvalue weighted by molar-refractivity contribution is 0.0690. The van der Waals surface area contributed by atoms with Gasteiger partial charge in [0.25, 0.3) is 0 Å². The second kappa shape index (κ2) is 8.72. The van der Waals surface area contributed by atoms with E-state index in [1.54, 1.807) is 6.20 Å². The lowest BCUT2D eigenvalue weighted by atomic mass is 9.89. The first kappa shape index (κ1) is 17.5. The smallest absolute Gasteiger partial charge is 0.356 e. The van der Waals surface area contributed by atoms with Crippen molar-refractivity contribution in [3.8, 4) is 0 Å². The molecule has 1 saturated carbocycles. The molecule has 1 fully saturated rings. The van der Waals surface area contributed by atoms with Gasteiger partial charge in [-0.2, -0.15) is 0 Å². The SMILES string of the molecule is O=C(O)c1cnc(CN(Cc2ccccc2)CC2CCCCC2)cn1. The Morgan fingerprint density at radius 1 is 1.04 bits per heavy atom. The molecule has 0 unspecified atom stereocenters. The van der Waals surface area contributed by atoms with Crippen molar-refractivity contribution in [2.75, 3.05) is 6.54 Å². The predicted octanol–water partition coefficient (Wildman–Crippen LogP) is 3.76. The van der Waals surface area contributed by atoms with Crippen LogP contribution < -0.4 is 0 Å². The molecule has 1 aliphatic carbocycles. The van der Waals surface area contributed by atoms with Gasteiger partial charge in [0.15, 0.2) is 5.69 Å². The summed E-state index contributed by atoms with van der Waals surface area (Å²) in [5, 5.41) is 8.96. The van der Waals surface area contributed by atoms with E-state index >= 15 is 0 Å². The summed E-state index contributed by atoms with van der Waals surface area (Å²) in [4.78, 5) is 21.6. The van der Waals surface area contributed by atoms with Crippen LogP contribution in [-0.2, 0) is 13.1 Å². The predicted molar refractivity (Wildman–Crippen MR) is 96.1 cm³/mol. The molecule has 1 aromatic carbocycles. The average molecular weight is 339 g/mol. The summed E-state index contributed by atoms with van der Waals surface area (Å²) in [6.07, 6.45) is 9.55. The summed E-state index contributed by atoms with van der Waals surface area (Å²) in [5.74, 6) is -0.300. The Balaban J connectivity index is 1.69. The van der Waals surface area contributed by atoms with Crippen LogP contribution in [0.2, 0.25) is 0 Å². The maximum Gasteiger partial charge on any atom is 0.356 e. The molecule has 5 nitrogen and oxygen atoms in total. The maximum atomic E-state index is 10.9. The molecule has 0 aliphatic heterocycles. The summed E-state index contributed by atoms with van der Waals surface area (Å²) in [6, 6.07) is 10.5. The summed E-state index contributed by atoms with van der Waals surface area (Å²) in [6.45, 7) is 2.62. The van der Waals surface area contributed by atoms with Gasteiger partial charge in [-0.15, -0.1) is 0 Å². The summed E-state index contributed by atoms with van der Waals surface area (Å²) >= 11 is 0. The van der Waals surface area contributed by atoms with E-state index in [2.05, 4.69) is 39.1 Å². The summed E-state index contributed by atoms with van der Waals surface area (Å²) in [7, 11) is 0. The topological polar surface area (TPSA) is 66.3 Å². The number of nitrogens with zero attached hydrogens (tertiary/aromatic N) is 3. The van der Waals surface area contributed by atoms with Crippen molar-refractivity contribution in [3.63, 3.8) is 0 Å². The maximum absolute atomic E-state index is 10.9. The molecule has 0 bridgehead atoms. The highest BCUT2D eigenvalue weighted by Gasteiger charge is 2.18. The largest absolute Gasteiger partial charge is 0.476 e. The van der Waals surface area contributed by atoms with Crippen LogP contribution in [0.5, 0.6) is 0 Å². The van der Waals surface area contributed by atoms with E-state index < -0.39 is 5.97 Å². The molecule has 0 spiro atoms. The van der Waals surface area contributed by atoms with Gasteiger partial charge >= 0.3 is 5.97 Å². The Hall–Kier alpha value is -2.27. The van der Waals surface area contributed by atoms with Crippen LogP contribution in [0.3, 0.4) is 0 Å². The number of rotatable bonds is 7. The first-order valence-corrected chi connectivity index (χ1v) is 9.01. The first-order chi connectivity index (χ1) is 12.2. The van der Waals surface area contributed by atoms with E-state index in [0.717, 1.165) is 24.7 Å². The van der Waals surface area contributed by atoms with Gasteiger partial charge in [0.1, 0.15) is 0 Å². The fraction of sp³-hybridized carbons (Fsp3) is 0.450. The van der Waals surface area contributed by atoms with Gasteiger partial charge < -0.3 is 5.11 Å². The molecule has 0 saturated heterocycles. The molecule has 1 aromatic heterocycles. The van der Waals surface area contributed by atoms with Crippen LogP contribution in [0.1, 0.15) is 53.8 Å². The molecule has 0 radical (unpaired) electrons. The number of aromatic nitrogens is 2. The number of carboxylic acid groups (broad SMARTS) is 1. The number of aromatic carboxylic acids is 1. The average Bonchev–Trinajstić information content (AvgIpc) is 2.64. The van der Waals surface area contributed by atoms with Crippen LogP contribution in [0.25, 0.3) is 0 Å². The van der Waals surface area contributed by atoms with Crippen molar-refractivity contribution in [2.24, 2.45) is 5.92 Å². The first-order valence-electron chi connectivity index (χ1n) is 9.01. The minimum Gasteiger partial charge on any atom is -0.476 e. The third-order valence-electron chi connectivity index (χ3n) is 4.80. The van der Waals surface area contributed by atoms with E-state index in [4.69, 9.17) is 5.11 Å². The number of carboxylic acids is 1. The minimum atomic E-state index is -1.04. The highest BCUT2D eigenvalue weighted by atomic mass is 16.4. The van der Waals surface area contributed by atoms with Crippen LogP contribution in [-0.4, -0.2) is 32.5 Å². The van der Waals surface area contributed by atoms with Gasteiger partial charge in [0, 0.05) is 19.6 Å². The molecule has 2 aromatic rings. The van der Waals surface area contributed by atoms with Gasteiger partial charge in [-0.1, -0.05) is 49.6 Å². The molecular formula is C20H25N3O2. The summed E-state index contributed by atoms with van der Waals surface area (Å²) < 4.78 is 0. The van der Waals surface area contributed by atoms with Gasteiger partial charge in [0.05, 0.1) is 18.1 Å². The third kappa shape index (κ3) is 5.36.